The van der Waals surface area contributed by atoms with Crippen LogP contribution < -0.4 is 9.47 Å². The molecule has 0 unspecified atom stereocenters. The van der Waals surface area contributed by atoms with Gasteiger partial charge in [-0.2, -0.15) is 0 Å². The van der Waals surface area contributed by atoms with Crippen molar-refractivity contribution >= 4 is 23.9 Å². The van der Waals surface area contributed by atoms with Gasteiger partial charge in [-0.15, -0.1) is 0 Å². The lowest BCUT2D eigenvalue weighted by Gasteiger charge is -2.37. The Morgan fingerprint density at radius 2 is 0.814 bits per heavy atom. The Morgan fingerprint density at radius 3 is 1.10 bits per heavy atom. The van der Waals surface area contributed by atoms with E-state index in [-0.39, 0.29) is 41.2 Å². The molecule has 2 aliphatic rings. The second-order valence-electron chi connectivity index (χ2n) is 13.3. The molecular formula is C44H50F2N2O11. The van der Waals surface area contributed by atoms with Gasteiger partial charge in [0, 0.05) is 62.3 Å². The van der Waals surface area contributed by atoms with Crippen LogP contribution >= 0.6 is 0 Å². The minimum atomic E-state index is -1.26. The van der Waals surface area contributed by atoms with Gasteiger partial charge < -0.3 is 45.2 Å². The van der Waals surface area contributed by atoms with Crippen LogP contribution in [0.2, 0.25) is 0 Å². The molecule has 59 heavy (non-hydrogen) atoms. The summed E-state index contributed by atoms with van der Waals surface area (Å²) in [4.78, 5) is 42.8. The molecule has 0 aliphatic carbocycles. The molecule has 2 aliphatic heterocycles. The van der Waals surface area contributed by atoms with Crippen molar-refractivity contribution in [3.05, 3.63) is 156 Å². The number of rotatable bonds is 10. The van der Waals surface area contributed by atoms with E-state index >= 15 is 0 Å². The van der Waals surface area contributed by atoms with Crippen LogP contribution in [0.4, 0.5) is 8.78 Å². The van der Waals surface area contributed by atoms with E-state index in [1.165, 1.54) is 23.3 Å². The smallest absolute Gasteiger partial charge is 0.328 e. The molecule has 0 aromatic heterocycles. The average molecular weight is 821 g/mol. The normalized spacial score (nSPS) is 18.9. The first-order chi connectivity index (χ1) is 27.7. The van der Waals surface area contributed by atoms with Crippen molar-refractivity contribution in [2.24, 2.45) is 0 Å². The van der Waals surface area contributed by atoms with Gasteiger partial charge in [0.1, 0.15) is 12.2 Å². The number of hydrogen-bond acceptors (Lipinski definition) is 8. The highest BCUT2D eigenvalue weighted by atomic mass is 19.1. The second kappa shape index (κ2) is 25.8. The molecule has 0 amide bonds. The molecule has 4 aromatic carbocycles. The largest absolute Gasteiger partial charge is 0.487 e. The molecule has 2 heterocycles. The third-order valence-corrected chi connectivity index (χ3v) is 8.93. The molecule has 0 saturated carbocycles. The summed E-state index contributed by atoms with van der Waals surface area (Å²) in [7, 11) is 4.24. The number of halogens is 2. The Morgan fingerprint density at radius 1 is 0.525 bits per heavy atom. The standard InChI is InChI=1S/2C18H20FNO.2C4H4O4.H2O/c2*1-20-12-11-17(21-18-10-6-5-9-16(18)19)15(13-20)14-7-3-2-4-8-14;2*5-3(6)1-2-4(7)8;/h2*2-10,15,17H,11-13H2,1H3;2*1-2H,(H,5,6)(H,7,8);1H2/b;;2*2-1+;/t2*15-,17+;;;/m00.../s1. The topological polar surface area (TPSA) is 206 Å². The van der Waals surface area contributed by atoms with Gasteiger partial charge in [0.05, 0.1) is 0 Å². The number of carbonyl (C=O) groups is 4. The summed E-state index contributed by atoms with van der Waals surface area (Å²) in [5.74, 6) is -4.36. The number of nitrogens with zero attached hydrogens (tertiary/aromatic N) is 2. The van der Waals surface area contributed by atoms with E-state index in [9.17, 15) is 28.0 Å². The number of para-hydroxylation sites is 2. The second-order valence-corrected chi connectivity index (χ2v) is 13.3. The van der Waals surface area contributed by atoms with E-state index in [0.29, 0.717) is 35.8 Å². The molecule has 0 spiro atoms. The van der Waals surface area contributed by atoms with Crippen molar-refractivity contribution in [3.8, 4) is 11.5 Å². The number of hydrogen-bond donors (Lipinski definition) is 4. The number of aliphatic carboxylic acids is 4. The lowest BCUT2D eigenvalue weighted by Crippen LogP contribution is -2.42. The quantitative estimate of drug-likeness (QED) is 0.136. The van der Waals surface area contributed by atoms with E-state index in [0.717, 1.165) is 39.0 Å². The molecule has 6 N–H and O–H groups in total. The van der Waals surface area contributed by atoms with Gasteiger partial charge in [-0.3, -0.25) is 0 Å². The van der Waals surface area contributed by atoms with Crippen LogP contribution in [-0.4, -0.2) is 112 Å². The highest BCUT2D eigenvalue weighted by Gasteiger charge is 2.32. The van der Waals surface area contributed by atoms with Crippen molar-refractivity contribution in [1.82, 2.24) is 9.80 Å². The Labute approximate surface area is 341 Å². The predicted molar refractivity (Wildman–Crippen MR) is 217 cm³/mol. The summed E-state index contributed by atoms with van der Waals surface area (Å²) in [6, 6.07) is 34.0. The molecule has 15 heteroatoms. The SMILES string of the molecule is CN1CC[C@@H](Oc2ccccc2F)[C@H](c2ccccc2)C1.CN1CC[C@@H](Oc2ccccc2F)[C@H](c2ccccc2)C1.O.O=C(O)/C=C/C(=O)O.O=C(O)/C=C/C(=O)O. The van der Waals surface area contributed by atoms with Crippen LogP contribution in [0.5, 0.6) is 11.5 Å². The Hall–Kier alpha value is -6.42. The van der Waals surface area contributed by atoms with Crippen LogP contribution in [-0.2, 0) is 19.2 Å². The maximum absolute atomic E-state index is 13.8. The maximum Gasteiger partial charge on any atom is 0.328 e. The van der Waals surface area contributed by atoms with Crippen LogP contribution in [0.1, 0.15) is 35.8 Å². The van der Waals surface area contributed by atoms with Gasteiger partial charge in [0.25, 0.3) is 0 Å². The number of likely N-dealkylation sites (tertiary alicyclic amines) is 2. The maximum atomic E-state index is 13.8. The van der Waals surface area contributed by atoms with E-state index < -0.39 is 23.9 Å². The Balaban J connectivity index is 0.000000297. The zero-order valence-electron chi connectivity index (χ0n) is 32.6. The van der Waals surface area contributed by atoms with Crippen LogP contribution in [0.3, 0.4) is 0 Å². The fraction of sp³-hybridized carbons (Fsp3) is 0.273. The highest BCUT2D eigenvalue weighted by Crippen LogP contribution is 2.32. The molecule has 316 valence electrons. The average Bonchev–Trinajstić information content (AvgIpc) is 3.20. The number of carboxylic acid groups (broad SMARTS) is 4. The first kappa shape index (κ1) is 48.7. The van der Waals surface area contributed by atoms with Crippen LogP contribution in [0, 0.1) is 11.6 Å². The fourth-order valence-corrected chi connectivity index (χ4v) is 6.20. The monoisotopic (exact) mass is 820 g/mol. The highest BCUT2D eigenvalue weighted by molar-refractivity contribution is 5.90. The van der Waals surface area contributed by atoms with Crippen molar-refractivity contribution in [2.45, 2.75) is 36.9 Å². The lowest BCUT2D eigenvalue weighted by molar-refractivity contribution is -0.134. The van der Waals surface area contributed by atoms with Gasteiger partial charge in [-0.1, -0.05) is 84.9 Å². The number of piperidine rings is 2. The van der Waals surface area contributed by atoms with Crippen molar-refractivity contribution < 1.29 is 63.3 Å². The summed E-state index contributed by atoms with van der Waals surface area (Å²) in [6.07, 6.45) is 4.07. The van der Waals surface area contributed by atoms with Crippen LogP contribution in [0.25, 0.3) is 0 Å². The summed E-state index contributed by atoms with van der Waals surface area (Å²) >= 11 is 0. The number of benzene rings is 4. The van der Waals surface area contributed by atoms with Gasteiger partial charge in [-0.25, -0.2) is 28.0 Å². The van der Waals surface area contributed by atoms with Gasteiger partial charge >= 0.3 is 23.9 Å². The van der Waals surface area contributed by atoms with Crippen LogP contribution in [0.15, 0.2) is 133 Å². The van der Waals surface area contributed by atoms with Gasteiger partial charge in [0.2, 0.25) is 0 Å². The third-order valence-electron chi connectivity index (χ3n) is 8.93. The molecule has 2 fully saturated rings. The molecule has 0 radical (unpaired) electrons. The summed E-state index contributed by atoms with van der Waals surface area (Å²) in [5.41, 5.74) is 2.51. The van der Waals surface area contributed by atoms with E-state index in [2.05, 4.69) is 48.2 Å². The van der Waals surface area contributed by atoms with E-state index in [4.69, 9.17) is 29.9 Å². The van der Waals surface area contributed by atoms with Crippen molar-refractivity contribution in [1.29, 1.82) is 0 Å². The minimum Gasteiger partial charge on any atom is -0.487 e. The number of ether oxygens (including phenoxy) is 2. The Bertz CT molecular complexity index is 1790. The molecule has 4 aromatic rings. The number of likely N-dealkylation sites (N-methyl/N-ethyl adjacent to an activating group) is 2. The van der Waals surface area contributed by atoms with Crippen molar-refractivity contribution in [3.63, 3.8) is 0 Å². The van der Waals surface area contributed by atoms with E-state index in [1.54, 1.807) is 24.3 Å². The lowest BCUT2D eigenvalue weighted by atomic mass is 9.88. The molecule has 13 nitrogen and oxygen atoms in total. The summed E-state index contributed by atoms with van der Waals surface area (Å²) in [5, 5.41) is 31.2. The predicted octanol–water partition coefficient (Wildman–Crippen LogP) is 5.98. The minimum absolute atomic E-state index is 0. The first-order valence-electron chi connectivity index (χ1n) is 18.3. The molecule has 0 bridgehead atoms. The summed E-state index contributed by atoms with van der Waals surface area (Å²) < 4.78 is 39.6. The first-order valence-corrected chi connectivity index (χ1v) is 18.3. The third kappa shape index (κ3) is 18.2. The Kier molecular flexibility index (Phi) is 21.3. The molecule has 4 atom stereocenters. The molecular weight excluding hydrogens is 770 g/mol. The van der Waals surface area contributed by atoms with Crippen molar-refractivity contribution in [2.75, 3.05) is 40.3 Å². The number of carboxylic acids is 4. The van der Waals surface area contributed by atoms with Gasteiger partial charge in [-0.05, 0) is 62.3 Å². The van der Waals surface area contributed by atoms with E-state index in [1.807, 2.05) is 48.5 Å². The molecule has 6 rings (SSSR count). The zero-order valence-corrected chi connectivity index (χ0v) is 32.6. The fourth-order valence-electron chi connectivity index (χ4n) is 6.20. The zero-order chi connectivity index (χ0) is 42.5. The molecule has 2 saturated heterocycles. The van der Waals surface area contributed by atoms with Gasteiger partial charge in [0.15, 0.2) is 23.1 Å². The summed E-state index contributed by atoms with van der Waals surface area (Å²) in [6.45, 7) is 3.82.